The van der Waals surface area contributed by atoms with Crippen LogP contribution in [0.1, 0.15) is 39.4 Å². The van der Waals surface area contributed by atoms with Gasteiger partial charge < -0.3 is 25.1 Å². The Balaban J connectivity index is 1.59. The van der Waals surface area contributed by atoms with Crippen LogP contribution in [0.5, 0.6) is 0 Å². The Hall–Kier alpha value is -1.60. The molecule has 1 aliphatic heterocycles. The number of hydrogen-bond donors (Lipinski definition) is 3. The van der Waals surface area contributed by atoms with Crippen LogP contribution in [0.3, 0.4) is 0 Å². The highest BCUT2D eigenvalue weighted by atomic mass is 16.6. The summed E-state index contributed by atoms with van der Waals surface area (Å²) in [6.45, 7) is 7.02. The number of aromatic amines is 1. The molecule has 1 aromatic heterocycles. The maximum absolute atomic E-state index is 12.1. The monoisotopic (exact) mass is 322 g/mol. The number of H-pyrrole nitrogens is 1. The molecule has 128 valence electrons. The van der Waals surface area contributed by atoms with E-state index in [1.54, 1.807) is 12.4 Å². The zero-order valence-electron chi connectivity index (χ0n) is 14.0. The van der Waals surface area contributed by atoms with Crippen molar-refractivity contribution in [3.63, 3.8) is 0 Å². The molecule has 7 heteroatoms. The van der Waals surface area contributed by atoms with Crippen LogP contribution in [0.4, 0.5) is 4.79 Å². The molecular formula is C16H26N4O3. The first kappa shape index (κ1) is 16.3. The van der Waals surface area contributed by atoms with Gasteiger partial charge in [-0.15, -0.1) is 0 Å². The zero-order chi connectivity index (χ0) is 16.4. The lowest BCUT2D eigenvalue weighted by atomic mass is 9.68. The number of amides is 1. The molecule has 1 amide bonds. The van der Waals surface area contributed by atoms with Crippen LogP contribution in [0.25, 0.3) is 0 Å². The van der Waals surface area contributed by atoms with Crippen molar-refractivity contribution in [1.82, 2.24) is 20.6 Å². The standard InChI is InChI=1S/C16H26N4O3/c1-16(2,3)23-15(21)20-12-10-5-4-8-22-14(10)13(12)19-9-11-17-6-7-18-11/h6-7,10,12-14,19H,4-5,8-9H2,1-3H3,(H,17,18)(H,20,21). The minimum absolute atomic E-state index is 0.0325. The van der Waals surface area contributed by atoms with Gasteiger partial charge in [0.25, 0.3) is 0 Å². The summed E-state index contributed by atoms with van der Waals surface area (Å²) in [7, 11) is 0. The van der Waals surface area contributed by atoms with Crippen LogP contribution in [0.2, 0.25) is 0 Å². The molecule has 23 heavy (non-hydrogen) atoms. The molecule has 1 aromatic rings. The number of ether oxygens (including phenoxy) is 2. The van der Waals surface area contributed by atoms with Gasteiger partial charge in [0.1, 0.15) is 11.4 Å². The summed E-state index contributed by atoms with van der Waals surface area (Å²) < 4.78 is 11.3. The lowest BCUT2D eigenvalue weighted by molar-refractivity contribution is -0.128. The largest absolute Gasteiger partial charge is 0.444 e. The Morgan fingerprint density at radius 1 is 1.48 bits per heavy atom. The number of aromatic nitrogens is 2. The molecule has 4 unspecified atom stereocenters. The molecule has 2 fully saturated rings. The second kappa shape index (κ2) is 6.49. The first-order chi connectivity index (χ1) is 10.9. The molecule has 0 bridgehead atoms. The Morgan fingerprint density at radius 3 is 3.00 bits per heavy atom. The highest BCUT2D eigenvalue weighted by Gasteiger charge is 2.53. The van der Waals surface area contributed by atoms with Gasteiger partial charge in [0, 0.05) is 24.9 Å². The molecule has 1 aliphatic carbocycles. The van der Waals surface area contributed by atoms with Crippen molar-refractivity contribution in [2.45, 2.75) is 63.9 Å². The summed E-state index contributed by atoms with van der Waals surface area (Å²) in [6, 6.07) is 0.114. The predicted molar refractivity (Wildman–Crippen MR) is 84.8 cm³/mol. The Kier molecular flexibility index (Phi) is 4.59. The van der Waals surface area contributed by atoms with Gasteiger partial charge in [-0.3, -0.25) is 0 Å². The van der Waals surface area contributed by atoms with E-state index in [-0.39, 0.29) is 24.3 Å². The van der Waals surface area contributed by atoms with Crippen LogP contribution < -0.4 is 10.6 Å². The highest BCUT2D eigenvalue weighted by molar-refractivity contribution is 5.68. The number of hydrogen-bond acceptors (Lipinski definition) is 5. The van der Waals surface area contributed by atoms with E-state index in [1.807, 2.05) is 20.8 Å². The first-order valence-corrected chi connectivity index (χ1v) is 8.27. The number of imidazole rings is 1. The lowest BCUT2D eigenvalue weighted by Crippen LogP contribution is -2.73. The summed E-state index contributed by atoms with van der Waals surface area (Å²) in [5, 5.41) is 6.47. The average Bonchev–Trinajstić information content (AvgIpc) is 2.97. The first-order valence-electron chi connectivity index (χ1n) is 8.27. The molecule has 2 heterocycles. The Morgan fingerprint density at radius 2 is 2.30 bits per heavy atom. The van der Waals surface area contributed by atoms with Gasteiger partial charge in [-0.05, 0) is 33.6 Å². The summed E-state index contributed by atoms with van der Waals surface area (Å²) >= 11 is 0. The van der Waals surface area contributed by atoms with Crippen molar-refractivity contribution in [3.05, 3.63) is 18.2 Å². The maximum atomic E-state index is 12.1. The number of alkyl carbamates (subject to hydrolysis) is 1. The van der Waals surface area contributed by atoms with Gasteiger partial charge in [-0.25, -0.2) is 9.78 Å². The number of carbonyl (C=O) groups excluding carboxylic acids is 1. The zero-order valence-corrected chi connectivity index (χ0v) is 14.0. The molecular weight excluding hydrogens is 296 g/mol. The van der Waals surface area contributed by atoms with Gasteiger partial charge in [0.2, 0.25) is 0 Å². The Bertz CT molecular complexity index is 526. The van der Waals surface area contributed by atoms with Gasteiger partial charge in [-0.2, -0.15) is 0 Å². The van der Waals surface area contributed by atoms with Crippen molar-refractivity contribution < 1.29 is 14.3 Å². The summed E-state index contributed by atoms with van der Waals surface area (Å²) in [5.41, 5.74) is -0.493. The fourth-order valence-corrected chi connectivity index (χ4v) is 3.40. The van der Waals surface area contributed by atoms with Gasteiger partial charge in [-0.1, -0.05) is 0 Å². The van der Waals surface area contributed by atoms with E-state index >= 15 is 0 Å². The molecule has 0 radical (unpaired) electrons. The fourth-order valence-electron chi connectivity index (χ4n) is 3.40. The highest BCUT2D eigenvalue weighted by Crippen LogP contribution is 2.38. The van der Waals surface area contributed by atoms with E-state index in [4.69, 9.17) is 9.47 Å². The number of fused-ring (bicyclic) bond motifs is 1. The van der Waals surface area contributed by atoms with Crippen LogP contribution in [0.15, 0.2) is 12.4 Å². The van der Waals surface area contributed by atoms with Crippen molar-refractivity contribution in [2.24, 2.45) is 5.92 Å². The van der Waals surface area contributed by atoms with Crippen LogP contribution >= 0.6 is 0 Å². The number of nitrogens with one attached hydrogen (secondary N) is 3. The van der Waals surface area contributed by atoms with E-state index in [9.17, 15) is 4.79 Å². The van der Waals surface area contributed by atoms with Gasteiger partial charge >= 0.3 is 6.09 Å². The maximum Gasteiger partial charge on any atom is 0.407 e. The smallest absolute Gasteiger partial charge is 0.407 e. The van der Waals surface area contributed by atoms with E-state index in [0.717, 1.165) is 25.3 Å². The van der Waals surface area contributed by atoms with Crippen LogP contribution in [0, 0.1) is 5.92 Å². The fraction of sp³-hybridized carbons (Fsp3) is 0.750. The number of carbonyl (C=O) groups is 1. The molecule has 1 saturated heterocycles. The number of nitrogens with zero attached hydrogens (tertiary/aromatic N) is 1. The number of rotatable bonds is 4. The topological polar surface area (TPSA) is 88.3 Å². The van der Waals surface area contributed by atoms with Gasteiger partial charge in [0.05, 0.1) is 24.7 Å². The van der Waals surface area contributed by atoms with E-state index in [0.29, 0.717) is 12.5 Å². The SMILES string of the molecule is CC(C)(C)OC(=O)NC1C2CCCOC2C1NCc1ncc[nH]1. The predicted octanol–water partition coefficient (Wildman–Crippen LogP) is 1.57. The second-order valence-corrected chi connectivity index (χ2v) is 7.26. The van der Waals surface area contributed by atoms with Crippen LogP contribution in [-0.4, -0.2) is 46.5 Å². The third-order valence-corrected chi connectivity index (χ3v) is 4.36. The van der Waals surface area contributed by atoms with Gasteiger partial charge in [0.15, 0.2) is 0 Å². The molecule has 0 aromatic carbocycles. The Labute approximate surface area is 136 Å². The third-order valence-electron chi connectivity index (χ3n) is 4.36. The van der Waals surface area contributed by atoms with Crippen molar-refractivity contribution in [3.8, 4) is 0 Å². The molecule has 7 nitrogen and oxygen atoms in total. The third kappa shape index (κ3) is 3.84. The summed E-state index contributed by atoms with van der Waals surface area (Å²) in [6.07, 6.45) is 5.43. The molecule has 4 atom stereocenters. The van der Waals surface area contributed by atoms with Crippen molar-refractivity contribution in [2.75, 3.05) is 6.61 Å². The minimum Gasteiger partial charge on any atom is -0.444 e. The molecule has 0 spiro atoms. The van der Waals surface area contributed by atoms with Crippen molar-refractivity contribution in [1.29, 1.82) is 0 Å². The normalized spacial score (nSPS) is 30.2. The second-order valence-electron chi connectivity index (χ2n) is 7.26. The lowest BCUT2D eigenvalue weighted by Gasteiger charge is -2.54. The van der Waals surface area contributed by atoms with E-state index < -0.39 is 5.60 Å². The van der Waals surface area contributed by atoms with E-state index in [1.165, 1.54) is 0 Å². The molecule has 3 N–H and O–H groups in total. The summed E-state index contributed by atoms with van der Waals surface area (Å²) in [5.74, 6) is 1.23. The van der Waals surface area contributed by atoms with E-state index in [2.05, 4.69) is 20.6 Å². The molecule has 1 saturated carbocycles. The average molecular weight is 322 g/mol. The summed E-state index contributed by atoms with van der Waals surface area (Å²) in [4.78, 5) is 19.4. The minimum atomic E-state index is -0.493. The molecule has 2 aliphatic rings. The van der Waals surface area contributed by atoms with Crippen molar-refractivity contribution >= 4 is 6.09 Å². The quantitative estimate of drug-likeness (QED) is 0.783. The molecule has 3 rings (SSSR count). The van der Waals surface area contributed by atoms with Crippen LogP contribution in [-0.2, 0) is 16.0 Å².